The molecule has 0 radical (unpaired) electrons. The van der Waals surface area contributed by atoms with Crippen molar-refractivity contribution < 1.29 is 9.00 Å². The Morgan fingerprint density at radius 1 is 1.41 bits per heavy atom. The smallest absolute Gasteiger partial charge is 0.321 e. The summed E-state index contributed by atoms with van der Waals surface area (Å²) in [6.07, 6.45) is 0. The van der Waals surface area contributed by atoms with Crippen molar-refractivity contribution in [2.45, 2.75) is 25.5 Å². The maximum atomic E-state index is 12.5. The lowest BCUT2D eigenvalue weighted by Gasteiger charge is -2.37. The SMILES string of the molecule is CCN(C)c1ccccc1NC(=O)N1CC[S@@](=O)C(C)(C)C1. The molecule has 1 saturated heterocycles. The summed E-state index contributed by atoms with van der Waals surface area (Å²) in [7, 11) is 1.12. The van der Waals surface area contributed by atoms with Gasteiger partial charge in [-0.15, -0.1) is 0 Å². The van der Waals surface area contributed by atoms with E-state index in [9.17, 15) is 9.00 Å². The van der Waals surface area contributed by atoms with E-state index in [4.69, 9.17) is 0 Å². The summed E-state index contributed by atoms with van der Waals surface area (Å²) in [5, 5.41) is 2.99. The molecule has 0 saturated carbocycles. The second-order valence-electron chi connectivity index (χ2n) is 6.19. The lowest BCUT2D eigenvalue weighted by atomic mass is 10.2. The van der Waals surface area contributed by atoms with E-state index < -0.39 is 10.8 Å². The van der Waals surface area contributed by atoms with E-state index in [0.717, 1.165) is 17.9 Å². The molecule has 1 aliphatic rings. The van der Waals surface area contributed by atoms with Crippen LogP contribution in [0, 0.1) is 0 Å². The van der Waals surface area contributed by atoms with Crippen LogP contribution in [-0.4, -0.2) is 52.3 Å². The highest BCUT2D eigenvalue weighted by atomic mass is 32.2. The maximum absolute atomic E-state index is 12.5. The van der Waals surface area contributed by atoms with E-state index in [2.05, 4.69) is 17.1 Å². The summed E-state index contributed by atoms with van der Waals surface area (Å²) in [5.41, 5.74) is 1.81. The molecule has 1 N–H and O–H groups in total. The average Bonchev–Trinajstić information content (AvgIpc) is 2.49. The number of carbonyl (C=O) groups is 1. The van der Waals surface area contributed by atoms with Crippen LogP contribution in [0.15, 0.2) is 24.3 Å². The number of benzene rings is 1. The van der Waals surface area contributed by atoms with Crippen LogP contribution < -0.4 is 10.2 Å². The van der Waals surface area contributed by atoms with Gasteiger partial charge in [0.05, 0.1) is 16.1 Å². The molecular formula is C16H25N3O2S. The van der Waals surface area contributed by atoms with Gasteiger partial charge in [0.15, 0.2) is 0 Å². The Kier molecular flexibility index (Phi) is 5.11. The normalized spacial score (nSPS) is 20.5. The van der Waals surface area contributed by atoms with Crippen molar-refractivity contribution in [3.8, 4) is 0 Å². The summed E-state index contributed by atoms with van der Waals surface area (Å²) < 4.78 is 11.6. The molecule has 6 heteroatoms. The second-order valence-corrected chi connectivity index (χ2v) is 8.40. The van der Waals surface area contributed by atoms with E-state index in [1.165, 1.54) is 0 Å². The van der Waals surface area contributed by atoms with Crippen molar-refractivity contribution in [3.63, 3.8) is 0 Å². The zero-order valence-corrected chi connectivity index (χ0v) is 14.6. The molecule has 1 atom stereocenters. The average molecular weight is 323 g/mol. The van der Waals surface area contributed by atoms with Crippen molar-refractivity contribution in [3.05, 3.63) is 24.3 Å². The minimum atomic E-state index is -0.877. The number of hydrogen-bond acceptors (Lipinski definition) is 3. The molecule has 0 unspecified atom stereocenters. The van der Waals surface area contributed by atoms with Crippen LogP contribution in [0.2, 0.25) is 0 Å². The molecule has 1 aromatic carbocycles. The Labute approximate surface area is 135 Å². The van der Waals surface area contributed by atoms with Crippen molar-refractivity contribution in [1.82, 2.24) is 4.90 Å². The van der Waals surface area contributed by atoms with Crippen LogP contribution in [0.5, 0.6) is 0 Å². The van der Waals surface area contributed by atoms with Crippen LogP contribution in [0.25, 0.3) is 0 Å². The first-order valence-electron chi connectivity index (χ1n) is 7.59. The molecule has 0 spiro atoms. The van der Waals surface area contributed by atoms with Crippen LogP contribution >= 0.6 is 0 Å². The van der Waals surface area contributed by atoms with Gasteiger partial charge in [-0.25, -0.2) is 4.79 Å². The van der Waals surface area contributed by atoms with Crippen molar-refractivity contribution in [2.24, 2.45) is 0 Å². The highest BCUT2D eigenvalue weighted by Crippen LogP contribution is 2.26. The number of rotatable bonds is 3. The molecule has 2 rings (SSSR count). The van der Waals surface area contributed by atoms with Crippen molar-refractivity contribution in [2.75, 3.05) is 42.7 Å². The van der Waals surface area contributed by atoms with Crippen LogP contribution in [0.4, 0.5) is 16.2 Å². The van der Waals surface area contributed by atoms with Crippen LogP contribution in [0.3, 0.4) is 0 Å². The number of nitrogens with one attached hydrogen (secondary N) is 1. The molecule has 5 nitrogen and oxygen atoms in total. The lowest BCUT2D eigenvalue weighted by molar-refractivity contribution is 0.207. The van der Waals surface area contributed by atoms with Crippen LogP contribution in [0.1, 0.15) is 20.8 Å². The fraction of sp³-hybridized carbons (Fsp3) is 0.562. The van der Waals surface area contributed by atoms with Gasteiger partial charge in [0, 0.05) is 43.2 Å². The van der Waals surface area contributed by atoms with Gasteiger partial charge in [0.2, 0.25) is 0 Å². The Balaban J connectivity index is 2.11. The summed E-state index contributed by atoms with van der Waals surface area (Å²) in [6.45, 7) is 7.87. The largest absolute Gasteiger partial charge is 0.373 e. The molecule has 1 aliphatic heterocycles. The zero-order chi connectivity index (χ0) is 16.3. The zero-order valence-electron chi connectivity index (χ0n) is 13.8. The number of urea groups is 1. The molecule has 0 aliphatic carbocycles. The second kappa shape index (κ2) is 6.69. The first kappa shape index (κ1) is 16.8. The number of anilines is 2. The Morgan fingerprint density at radius 3 is 2.73 bits per heavy atom. The summed E-state index contributed by atoms with van der Waals surface area (Å²) >= 11 is 0. The standard InChI is InChI=1S/C16H25N3O2S/c1-5-18(4)14-9-7-6-8-13(14)17-15(20)19-10-11-22(21)16(2,3)12-19/h6-9H,5,10-12H2,1-4H3,(H,17,20)/t22-/m1/s1. The molecule has 1 fully saturated rings. The van der Waals surface area contributed by atoms with Crippen LogP contribution in [-0.2, 0) is 10.8 Å². The van der Waals surface area contributed by atoms with E-state index >= 15 is 0 Å². The van der Waals surface area contributed by atoms with Gasteiger partial charge in [0.25, 0.3) is 0 Å². The van der Waals surface area contributed by atoms with Gasteiger partial charge in [0.1, 0.15) is 0 Å². The molecule has 1 heterocycles. The molecular weight excluding hydrogens is 298 g/mol. The number of nitrogens with zero attached hydrogens (tertiary/aromatic N) is 2. The summed E-state index contributed by atoms with van der Waals surface area (Å²) in [4.78, 5) is 16.4. The Hall–Kier alpha value is -1.56. The third kappa shape index (κ3) is 3.61. The highest BCUT2D eigenvalue weighted by molar-refractivity contribution is 7.86. The van der Waals surface area contributed by atoms with Crippen molar-refractivity contribution >= 4 is 28.2 Å². The van der Waals surface area contributed by atoms with E-state index in [-0.39, 0.29) is 10.8 Å². The van der Waals surface area contributed by atoms with Gasteiger partial charge in [-0.3, -0.25) is 4.21 Å². The summed E-state index contributed by atoms with van der Waals surface area (Å²) in [5.74, 6) is 0.539. The third-order valence-electron chi connectivity index (χ3n) is 4.05. The first-order valence-corrected chi connectivity index (χ1v) is 8.91. The predicted octanol–water partition coefficient (Wildman–Crippen LogP) is 2.52. The maximum Gasteiger partial charge on any atom is 0.321 e. The van der Waals surface area contributed by atoms with Crippen molar-refractivity contribution in [1.29, 1.82) is 0 Å². The van der Waals surface area contributed by atoms with Gasteiger partial charge < -0.3 is 15.1 Å². The highest BCUT2D eigenvalue weighted by Gasteiger charge is 2.35. The van der Waals surface area contributed by atoms with Gasteiger partial charge in [-0.2, -0.15) is 0 Å². The number of carbonyl (C=O) groups excluding carboxylic acids is 1. The van der Waals surface area contributed by atoms with E-state index in [1.807, 2.05) is 45.2 Å². The minimum absolute atomic E-state index is 0.123. The molecule has 122 valence electrons. The Morgan fingerprint density at radius 2 is 2.09 bits per heavy atom. The van der Waals surface area contributed by atoms with Gasteiger partial charge >= 0.3 is 6.03 Å². The predicted molar refractivity (Wildman–Crippen MR) is 93.1 cm³/mol. The van der Waals surface area contributed by atoms with E-state index in [0.29, 0.717) is 18.8 Å². The molecule has 22 heavy (non-hydrogen) atoms. The number of hydrogen-bond donors (Lipinski definition) is 1. The fourth-order valence-electron chi connectivity index (χ4n) is 2.53. The van der Waals surface area contributed by atoms with Gasteiger partial charge in [-0.1, -0.05) is 12.1 Å². The first-order chi connectivity index (χ1) is 10.3. The minimum Gasteiger partial charge on any atom is -0.373 e. The molecule has 0 bridgehead atoms. The van der Waals surface area contributed by atoms with E-state index in [1.54, 1.807) is 4.90 Å². The number of para-hydroxylation sites is 2. The number of amides is 2. The quantitative estimate of drug-likeness (QED) is 0.930. The molecule has 1 aromatic rings. The third-order valence-corrected chi connectivity index (χ3v) is 5.97. The lowest BCUT2D eigenvalue weighted by Crippen LogP contribution is -2.53. The van der Waals surface area contributed by atoms with Gasteiger partial charge in [-0.05, 0) is 32.9 Å². The molecule has 2 amide bonds. The topological polar surface area (TPSA) is 52.7 Å². The monoisotopic (exact) mass is 323 g/mol. The molecule has 0 aromatic heterocycles. The summed E-state index contributed by atoms with van der Waals surface area (Å²) in [6, 6.07) is 7.66. The fourth-order valence-corrected chi connectivity index (χ4v) is 3.77. The Bertz CT molecular complexity index is 574.